The van der Waals surface area contributed by atoms with Gasteiger partial charge in [0.2, 0.25) is 10.0 Å². The summed E-state index contributed by atoms with van der Waals surface area (Å²) in [4.78, 5) is 11.5. The number of carbonyl (C=O) groups excluding carboxylic acids is 1. The van der Waals surface area contributed by atoms with Gasteiger partial charge < -0.3 is 4.74 Å². The Labute approximate surface area is 164 Å². The highest BCUT2D eigenvalue weighted by molar-refractivity contribution is 7.89. The zero-order valence-corrected chi connectivity index (χ0v) is 16.3. The van der Waals surface area contributed by atoms with Crippen LogP contribution in [0.1, 0.15) is 5.56 Å². The average Bonchev–Trinajstić information content (AvgIpc) is 2.56. The molecule has 0 spiro atoms. The maximum Gasteiger partial charge on any atom is 0.321 e. The van der Waals surface area contributed by atoms with Crippen molar-refractivity contribution in [2.75, 3.05) is 6.54 Å². The van der Waals surface area contributed by atoms with E-state index in [1.807, 2.05) is 0 Å². The first-order chi connectivity index (χ1) is 11.7. The minimum atomic E-state index is -4.01. The maximum absolute atomic E-state index is 12.2. The van der Waals surface area contributed by atoms with Crippen LogP contribution in [0.4, 0.5) is 0 Å². The van der Waals surface area contributed by atoms with Gasteiger partial charge in [-0.1, -0.05) is 52.5 Å². The maximum atomic E-state index is 12.2. The molecule has 0 fully saturated rings. The van der Waals surface area contributed by atoms with Crippen molar-refractivity contribution in [2.24, 2.45) is 0 Å². The van der Waals surface area contributed by atoms with Crippen LogP contribution in [0.25, 0.3) is 0 Å². The van der Waals surface area contributed by atoms with Crippen LogP contribution >= 0.6 is 46.4 Å². The van der Waals surface area contributed by atoms with Crippen LogP contribution in [0.15, 0.2) is 41.3 Å². The molecule has 0 radical (unpaired) electrons. The van der Waals surface area contributed by atoms with Crippen LogP contribution in [-0.2, 0) is 26.2 Å². The topological polar surface area (TPSA) is 72.5 Å². The molecule has 2 rings (SSSR count). The summed E-state index contributed by atoms with van der Waals surface area (Å²) in [7, 11) is -4.01. The molecule has 134 valence electrons. The monoisotopic (exact) mass is 441 g/mol. The molecule has 0 heterocycles. The van der Waals surface area contributed by atoms with Gasteiger partial charge in [-0.2, -0.15) is 4.72 Å². The SMILES string of the molecule is O=C(CNS(=O)(=O)c1cc(Cl)ccc1Cl)OCc1ccc(Cl)c(Cl)c1. The van der Waals surface area contributed by atoms with Crippen LogP contribution in [-0.4, -0.2) is 20.9 Å². The summed E-state index contributed by atoms with van der Waals surface area (Å²) >= 11 is 23.3. The number of hydrogen-bond donors (Lipinski definition) is 1. The van der Waals surface area contributed by atoms with Gasteiger partial charge in [0.25, 0.3) is 0 Å². The molecule has 0 unspecified atom stereocenters. The molecule has 0 aromatic heterocycles. The Morgan fingerprint density at radius 2 is 1.64 bits per heavy atom. The molecule has 0 amide bonds. The molecule has 10 heteroatoms. The van der Waals surface area contributed by atoms with Crippen molar-refractivity contribution in [2.45, 2.75) is 11.5 Å². The van der Waals surface area contributed by atoms with E-state index >= 15 is 0 Å². The lowest BCUT2D eigenvalue weighted by Gasteiger charge is -2.09. The van der Waals surface area contributed by atoms with Crippen LogP contribution in [0, 0.1) is 0 Å². The largest absolute Gasteiger partial charge is 0.460 e. The van der Waals surface area contributed by atoms with Gasteiger partial charge in [0.1, 0.15) is 18.0 Å². The first-order valence-corrected chi connectivity index (χ1v) is 9.73. The average molecular weight is 443 g/mol. The Morgan fingerprint density at radius 1 is 0.960 bits per heavy atom. The van der Waals surface area contributed by atoms with Crippen molar-refractivity contribution in [1.82, 2.24) is 4.72 Å². The van der Waals surface area contributed by atoms with E-state index < -0.39 is 22.5 Å². The van der Waals surface area contributed by atoms with E-state index in [0.717, 1.165) is 0 Å². The third kappa shape index (κ3) is 5.74. The molecule has 0 saturated heterocycles. The summed E-state index contributed by atoms with van der Waals surface area (Å²) < 4.78 is 31.4. The Hall–Kier alpha value is -1.02. The van der Waals surface area contributed by atoms with Crippen LogP contribution in [0.3, 0.4) is 0 Å². The van der Waals surface area contributed by atoms with Crippen LogP contribution < -0.4 is 4.72 Å². The fraction of sp³-hybridized carbons (Fsp3) is 0.133. The molecule has 0 aliphatic heterocycles. The zero-order valence-electron chi connectivity index (χ0n) is 12.4. The Balaban J connectivity index is 1.94. The standard InChI is InChI=1S/C15H11Cl4NO4S/c16-10-2-4-12(18)14(6-10)25(22,23)20-7-15(21)24-8-9-1-3-11(17)13(19)5-9/h1-6,20H,7-8H2. The number of ether oxygens (including phenoxy) is 1. The van der Waals surface area contributed by atoms with E-state index in [0.29, 0.717) is 15.6 Å². The first-order valence-electron chi connectivity index (χ1n) is 6.73. The third-order valence-electron chi connectivity index (χ3n) is 2.97. The quantitative estimate of drug-likeness (QED) is 0.676. The van der Waals surface area contributed by atoms with Crippen molar-refractivity contribution in [3.8, 4) is 0 Å². The fourth-order valence-corrected chi connectivity index (χ4v) is 3.81. The minimum absolute atomic E-state index is 0.0129. The lowest BCUT2D eigenvalue weighted by Crippen LogP contribution is -2.30. The number of hydrogen-bond acceptors (Lipinski definition) is 4. The van der Waals surface area contributed by atoms with Crippen LogP contribution in [0.2, 0.25) is 20.1 Å². The highest BCUT2D eigenvalue weighted by Gasteiger charge is 2.20. The third-order valence-corrected chi connectivity index (χ3v) is 5.83. The molecule has 25 heavy (non-hydrogen) atoms. The number of rotatable bonds is 6. The van der Waals surface area contributed by atoms with E-state index in [1.54, 1.807) is 18.2 Å². The van der Waals surface area contributed by atoms with Gasteiger partial charge >= 0.3 is 5.97 Å². The molecule has 0 aliphatic carbocycles. The minimum Gasteiger partial charge on any atom is -0.460 e. The summed E-state index contributed by atoms with van der Waals surface area (Å²) in [6, 6.07) is 8.74. The molecule has 2 aromatic carbocycles. The number of sulfonamides is 1. The van der Waals surface area contributed by atoms with Gasteiger partial charge in [-0.3, -0.25) is 4.79 Å². The summed E-state index contributed by atoms with van der Waals surface area (Å²) in [5.41, 5.74) is 0.614. The van der Waals surface area contributed by atoms with E-state index in [-0.39, 0.29) is 21.5 Å². The van der Waals surface area contributed by atoms with E-state index in [9.17, 15) is 13.2 Å². The Bertz CT molecular complexity index is 902. The second-order valence-electron chi connectivity index (χ2n) is 4.81. The van der Waals surface area contributed by atoms with Gasteiger partial charge in [-0.15, -0.1) is 0 Å². The summed E-state index contributed by atoms with van der Waals surface area (Å²) in [6.07, 6.45) is 0. The van der Waals surface area contributed by atoms with E-state index in [4.69, 9.17) is 51.1 Å². The van der Waals surface area contributed by atoms with Crippen molar-refractivity contribution in [3.63, 3.8) is 0 Å². The summed E-state index contributed by atoms with van der Waals surface area (Å²) in [5.74, 6) is -0.771. The van der Waals surface area contributed by atoms with Crippen molar-refractivity contribution < 1.29 is 17.9 Å². The lowest BCUT2D eigenvalue weighted by atomic mass is 10.2. The Morgan fingerprint density at radius 3 is 2.32 bits per heavy atom. The van der Waals surface area contributed by atoms with E-state index in [2.05, 4.69) is 4.72 Å². The molecular formula is C15H11Cl4NO4S. The molecule has 0 aliphatic rings. The molecule has 0 saturated carbocycles. The van der Waals surface area contributed by atoms with E-state index in [1.165, 1.54) is 18.2 Å². The fourth-order valence-electron chi connectivity index (χ4n) is 1.76. The van der Waals surface area contributed by atoms with Gasteiger partial charge in [0, 0.05) is 5.02 Å². The first kappa shape index (κ1) is 20.3. The lowest BCUT2D eigenvalue weighted by molar-refractivity contribution is -0.143. The molecule has 5 nitrogen and oxygen atoms in total. The predicted octanol–water partition coefficient (Wildman–Crippen LogP) is 4.32. The van der Waals surface area contributed by atoms with Gasteiger partial charge in [0.15, 0.2) is 0 Å². The normalized spacial score (nSPS) is 11.4. The number of esters is 1. The zero-order chi connectivity index (χ0) is 18.6. The smallest absolute Gasteiger partial charge is 0.321 e. The second-order valence-corrected chi connectivity index (χ2v) is 8.20. The van der Waals surface area contributed by atoms with Gasteiger partial charge in [-0.05, 0) is 35.9 Å². The highest BCUT2D eigenvalue weighted by Crippen LogP contribution is 2.25. The molecule has 0 bridgehead atoms. The number of carbonyl (C=O) groups is 1. The van der Waals surface area contributed by atoms with Gasteiger partial charge in [-0.25, -0.2) is 8.42 Å². The van der Waals surface area contributed by atoms with Crippen molar-refractivity contribution in [3.05, 3.63) is 62.1 Å². The Kier molecular flexibility index (Phi) is 6.96. The van der Waals surface area contributed by atoms with Crippen molar-refractivity contribution >= 4 is 62.4 Å². The molecule has 2 aromatic rings. The molecule has 0 atom stereocenters. The second kappa shape index (κ2) is 8.58. The summed E-state index contributed by atoms with van der Waals surface area (Å²) in [5, 5.41) is 0.891. The highest BCUT2D eigenvalue weighted by atomic mass is 35.5. The van der Waals surface area contributed by atoms with Gasteiger partial charge in [0.05, 0.1) is 15.1 Å². The predicted molar refractivity (Wildman–Crippen MR) is 97.9 cm³/mol. The summed E-state index contributed by atoms with van der Waals surface area (Å²) in [6.45, 7) is -0.637. The molecule has 1 N–H and O–H groups in total. The van der Waals surface area contributed by atoms with Crippen molar-refractivity contribution in [1.29, 1.82) is 0 Å². The number of nitrogens with one attached hydrogen (secondary N) is 1. The van der Waals surface area contributed by atoms with Crippen LogP contribution in [0.5, 0.6) is 0 Å². The number of halogens is 4. The molecular weight excluding hydrogens is 432 g/mol. The number of benzene rings is 2.